The maximum absolute atomic E-state index is 5.48. The first-order valence-electron chi connectivity index (χ1n) is 4.42. The number of rotatable bonds is 3. The summed E-state index contributed by atoms with van der Waals surface area (Å²) in [7, 11) is 1.65. The van der Waals surface area contributed by atoms with Crippen molar-refractivity contribution >= 4 is 0 Å². The van der Waals surface area contributed by atoms with Gasteiger partial charge < -0.3 is 14.2 Å². The van der Waals surface area contributed by atoms with Gasteiger partial charge in [-0.3, -0.25) is 0 Å². The molecule has 0 spiro atoms. The molecule has 0 amide bonds. The lowest BCUT2D eigenvalue weighted by molar-refractivity contribution is -0.240. The predicted molar refractivity (Wildman–Crippen MR) is 46.0 cm³/mol. The van der Waals surface area contributed by atoms with Crippen LogP contribution in [0.3, 0.4) is 0 Å². The Hall–Kier alpha value is -0.120. The topological polar surface area (TPSA) is 27.7 Å². The first kappa shape index (κ1) is 9.96. The summed E-state index contributed by atoms with van der Waals surface area (Å²) in [5, 5.41) is 0. The van der Waals surface area contributed by atoms with Crippen LogP contribution in [0.5, 0.6) is 0 Å². The van der Waals surface area contributed by atoms with Crippen LogP contribution in [0.2, 0.25) is 0 Å². The molecule has 1 heterocycles. The molecule has 0 unspecified atom stereocenters. The van der Waals surface area contributed by atoms with Crippen LogP contribution in [-0.2, 0) is 14.2 Å². The lowest BCUT2D eigenvalue weighted by Gasteiger charge is -2.36. The Labute approximate surface area is 74.0 Å². The summed E-state index contributed by atoms with van der Waals surface area (Å²) in [6, 6.07) is 0. The van der Waals surface area contributed by atoms with E-state index in [4.69, 9.17) is 14.2 Å². The van der Waals surface area contributed by atoms with Gasteiger partial charge in [-0.25, -0.2) is 0 Å². The Kier molecular flexibility index (Phi) is 3.50. The van der Waals surface area contributed by atoms with E-state index >= 15 is 0 Å². The molecule has 1 saturated heterocycles. The van der Waals surface area contributed by atoms with E-state index in [0.29, 0.717) is 6.61 Å². The van der Waals surface area contributed by atoms with E-state index in [0.717, 1.165) is 19.6 Å². The smallest absolute Gasteiger partial charge is 0.180 e. The summed E-state index contributed by atoms with van der Waals surface area (Å²) in [4.78, 5) is 0. The van der Waals surface area contributed by atoms with Gasteiger partial charge in [0.1, 0.15) is 0 Å². The number of hydrogen-bond donors (Lipinski definition) is 0. The fourth-order valence-electron chi connectivity index (χ4n) is 1.11. The molecule has 1 rings (SSSR count). The van der Waals surface area contributed by atoms with Gasteiger partial charge in [-0.05, 0) is 6.42 Å². The highest BCUT2D eigenvalue weighted by Crippen LogP contribution is 2.27. The van der Waals surface area contributed by atoms with Crippen molar-refractivity contribution in [3.05, 3.63) is 0 Å². The summed E-state index contributed by atoms with van der Waals surface area (Å²) >= 11 is 0. The highest BCUT2D eigenvalue weighted by Gasteiger charge is 2.30. The number of hydrogen-bond acceptors (Lipinski definition) is 3. The van der Waals surface area contributed by atoms with E-state index in [-0.39, 0.29) is 11.7 Å². The second-order valence-electron chi connectivity index (χ2n) is 3.67. The van der Waals surface area contributed by atoms with Crippen LogP contribution in [0.15, 0.2) is 0 Å². The van der Waals surface area contributed by atoms with E-state index in [1.807, 2.05) is 0 Å². The quantitative estimate of drug-likeness (QED) is 0.647. The molecule has 1 fully saturated rings. The second-order valence-corrected chi connectivity index (χ2v) is 3.67. The highest BCUT2D eigenvalue weighted by atomic mass is 16.7. The molecule has 0 aromatic rings. The largest absolute Gasteiger partial charge is 0.379 e. The zero-order valence-corrected chi connectivity index (χ0v) is 8.13. The fourth-order valence-corrected chi connectivity index (χ4v) is 1.11. The average molecular weight is 174 g/mol. The Balaban J connectivity index is 2.29. The standard InChI is InChI=1S/C9H18O3/c1-4-9(2)6-11-8(5-10-3)12-7-9/h8H,4-7H2,1-3H3. The maximum Gasteiger partial charge on any atom is 0.180 e. The second kappa shape index (κ2) is 4.21. The van der Waals surface area contributed by atoms with Crippen LogP contribution in [0.4, 0.5) is 0 Å². The van der Waals surface area contributed by atoms with Crippen molar-refractivity contribution < 1.29 is 14.2 Å². The van der Waals surface area contributed by atoms with E-state index in [1.54, 1.807) is 7.11 Å². The summed E-state index contributed by atoms with van der Waals surface area (Å²) in [6.45, 7) is 6.41. The minimum atomic E-state index is -0.158. The van der Waals surface area contributed by atoms with Crippen molar-refractivity contribution in [1.82, 2.24) is 0 Å². The van der Waals surface area contributed by atoms with Crippen molar-refractivity contribution in [1.29, 1.82) is 0 Å². The molecule has 0 atom stereocenters. The van der Waals surface area contributed by atoms with Gasteiger partial charge in [0.05, 0.1) is 19.8 Å². The van der Waals surface area contributed by atoms with Crippen LogP contribution >= 0.6 is 0 Å². The van der Waals surface area contributed by atoms with Gasteiger partial charge in [-0.1, -0.05) is 13.8 Å². The van der Waals surface area contributed by atoms with Crippen LogP contribution in [0.25, 0.3) is 0 Å². The van der Waals surface area contributed by atoms with Gasteiger partial charge in [0.15, 0.2) is 6.29 Å². The van der Waals surface area contributed by atoms with Gasteiger partial charge in [-0.2, -0.15) is 0 Å². The molecule has 0 saturated carbocycles. The molecule has 0 bridgehead atoms. The first-order valence-corrected chi connectivity index (χ1v) is 4.42. The normalized spacial score (nSPS) is 36.8. The minimum Gasteiger partial charge on any atom is -0.379 e. The van der Waals surface area contributed by atoms with E-state index in [1.165, 1.54) is 0 Å². The summed E-state index contributed by atoms with van der Waals surface area (Å²) in [5.41, 5.74) is 0.199. The Morgan fingerprint density at radius 2 is 2.00 bits per heavy atom. The van der Waals surface area contributed by atoms with E-state index in [9.17, 15) is 0 Å². The van der Waals surface area contributed by atoms with Crippen molar-refractivity contribution in [3.8, 4) is 0 Å². The minimum absolute atomic E-state index is 0.158. The third kappa shape index (κ3) is 2.44. The molecule has 72 valence electrons. The lowest BCUT2D eigenvalue weighted by Crippen LogP contribution is -2.41. The van der Waals surface area contributed by atoms with Crippen molar-refractivity contribution in [3.63, 3.8) is 0 Å². The zero-order chi connectivity index (χ0) is 9.03. The predicted octanol–water partition coefficient (Wildman–Crippen LogP) is 1.42. The van der Waals surface area contributed by atoms with Gasteiger partial charge in [0.25, 0.3) is 0 Å². The highest BCUT2D eigenvalue weighted by molar-refractivity contribution is 4.74. The molecule has 0 aromatic heterocycles. The lowest BCUT2D eigenvalue weighted by atomic mass is 9.89. The zero-order valence-electron chi connectivity index (χ0n) is 8.13. The molecular weight excluding hydrogens is 156 g/mol. The van der Waals surface area contributed by atoms with Crippen LogP contribution in [0.1, 0.15) is 20.3 Å². The molecule has 1 aliphatic heterocycles. The van der Waals surface area contributed by atoms with Crippen LogP contribution < -0.4 is 0 Å². The molecular formula is C9H18O3. The molecule has 1 aliphatic rings. The number of ether oxygens (including phenoxy) is 3. The fraction of sp³-hybridized carbons (Fsp3) is 1.00. The van der Waals surface area contributed by atoms with Crippen LogP contribution in [-0.4, -0.2) is 33.2 Å². The molecule has 3 nitrogen and oxygen atoms in total. The monoisotopic (exact) mass is 174 g/mol. The molecule has 0 aromatic carbocycles. The molecule has 12 heavy (non-hydrogen) atoms. The molecule has 0 N–H and O–H groups in total. The van der Waals surface area contributed by atoms with Crippen molar-refractivity contribution in [2.45, 2.75) is 26.6 Å². The maximum atomic E-state index is 5.48. The number of methoxy groups -OCH3 is 1. The molecule has 0 radical (unpaired) electrons. The molecule has 3 heteroatoms. The van der Waals surface area contributed by atoms with Gasteiger partial charge in [0.2, 0.25) is 0 Å². The van der Waals surface area contributed by atoms with Crippen molar-refractivity contribution in [2.24, 2.45) is 5.41 Å². The van der Waals surface area contributed by atoms with Crippen molar-refractivity contribution in [2.75, 3.05) is 26.9 Å². The summed E-state index contributed by atoms with van der Waals surface area (Å²) in [6.07, 6.45) is 0.932. The van der Waals surface area contributed by atoms with Gasteiger partial charge >= 0.3 is 0 Å². The third-order valence-electron chi connectivity index (χ3n) is 2.39. The molecule has 0 aliphatic carbocycles. The average Bonchev–Trinajstić information content (AvgIpc) is 2.10. The third-order valence-corrected chi connectivity index (χ3v) is 2.39. The summed E-state index contributed by atoms with van der Waals surface area (Å²) < 4.78 is 15.9. The van der Waals surface area contributed by atoms with Gasteiger partial charge in [-0.15, -0.1) is 0 Å². The van der Waals surface area contributed by atoms with Gasteiger partial charge in [0, 0.05) is 12.5 Å². The van der Waals surface area contributed by atoms with E-state index in [2.05, 4.69) is 13.8 Å². The Bertz CT molecular complexity index is 128. The van der Waals surface area contributed by atoms with E-state index < -0.39 is 0 Å². The first-order chi connectivity index (χ1) is 5.70. The van der Waals surface area contributed by atoms with Crippen LogP contribution in [0, 0.1) is 5.41 Å². The SMILES string of the molecule is CCC1(C)COC(COC)OC1. The Morgan fingerprint density at radius 1 is 1.42 bits per heavy atom. The Morgan fingerprint density at radius 3 is 2.42 bits per heavy atom. The summed E-state index contributed by atoms with van der Waals surface area (Å²) in [5.74, 6) is 0.